The van der Waals surface area contributed by atoms with E-state index in [0.29, 0.717) is 19.0 Å². The Labute approximate surface area is 236 Å². The summed E-state index contributed by atoms with van der Waals surface area (Å²) in [5.41, 5.74) is 3.03. The zero-order valence-electron chi connectivity index (χ0n) is 23.8. The number of likely N-dealkylation sites (tertiary alicyclic amines) is 1. The summed E-state index contributed by atoms with van der Waals surface area (Å²) in [7, 11) is 5.95. The van der Waals surface area contributed by atoms with E-state index in [-0.39, 0.29) is 18.0 Å². The number of aryl methyl sites for hydroxylation is 1. The van der Waals surface area contributed by atoms with Gasteiger partial charge in [0.05, 0.1) is 11.6 Å². The molecule has 0 aliphatic carbocycles. The topological polar surface area (TPSA) is 85.7 Å². The molecule has 0 unspecified atom stereocenters. The van der Waals surface area contributed by atoms with Crippen LogP contribution in [-0.4, -0.2) is 84.2 Å². The number of hydrogen-bond donors (Lipinski definition) is 2. The van der Waals surface area contributed by atoms with Gasteiger partial charge in [-0.1, -0.05) is 18.2 Å². The number of benzene rings is 1. The lowest BCUT2D eigenvalue weighted by molar-refractivity contribution is -0.111. The van der Waals surface area contributed by atoms with Crippen LogP contribution < -0.4 is 15.5 Å². The highest BCUT2D eigenvalue weighted by Crippen LogP contribution is 2.32. The summed E-state index contributed by atoms with van der Waals surface area (Å²) in [6.45, 7) is 3.90. The number of piperidine rings is 2. The fourth-order valence-corrected chi connectivity index (χ4v) is 5.82. The maximum atomic E-state index is 14.1. The van der Waals surface area contributed by atoms with Crippen molar-refractivity contribution in [2.75, 3.05) is 57.0 Å². The number of carbonyl (C=O) groups is 2. The van der Waals surface area contributed by atoms with Gasteiger partial charge in [0.15, 0.2) is 5.82 Å². The number of urea groups is 1. The molecule has 2 aliphatic rings. The molecule has 3 amide bonds. The molecule has 3 aromatic rings. The molecule has 0 spiro atoms. The number of fused-ring (bicyclic) bond motifs is 1. The Kier molecular flexibility index (Phi) is 8.81. The molecular weight excluding hydrogens is 502 g/mol. The minimum absolute atomic E-state index is 0.0498. The van der Waals surface area contributed by atoms with E-state index in [1.54, 1.807) is 6.08 Å². The monoisotopic (exact) mass is 543 g/mol. The lowest BCUT2D eigenvalue weighted by Crippen LogP contribution is -2.55. The van der Waals surface area contributed by atoms with Gasteiger partial charge in [-0.3, -0.25) is 9.69 Å². The average molecular weight is 544 g/mol. The number of likely N-dealkylation sites (N-methyl/N-ethyl adjacent to an activating group) is 1. The standard InChI is InChI=1S/C31H41N7O2/c1-35(2)18-5-7-28(39)34-26-10-8-23(9-11-26)24-14-20-37(21-15-24)31(40)38(27-6-4-16-32-22-27)30-29-25(12-17-33-30)13-19-36(29)3/h5,7-13,17,19,24,27,32H,4,6,14-16,18,20-22H2,1-3H3,(H,34,39)/t27-/m0/s1. The molecule has 0 bridgehead atoms. The Hall–Kier alpha value is -3.69. The van der Waals surface area contributed by atoms with Gasteiger partial charge in [0, 0.05) is 62.8 Å². The number of nitrogens with zero attached hydrogens (tertiary/aromatic N) is 5. The summed E-state index contributed by atoms with van der Waals surface area (Å²) >= 11 is 0. The summed E-state index contributed by atoms with van der Waals surface area (Å²) in [4.78, 5) is 37.0. The van der Waals surface area contributed by atoms with Gasteiger partial charge in [-0.25, -0.2) is 9.78 Å². The molecule has 9 nitrogen and oxygen atoms in total. The molecule has 5 rings (SSSR count). The lowest BCUT2D eigenvalue weighted by atomic mass is 9.89. The second-order valence-electron chi connectivity index (χ2n) is 11.2. The first-order valence-electron chi connectivity index (χ1n) is 14.3. The van der Waals surface area contributed by atoms with Gasteiger partial charge in [-0.15, -0.1) is 0 Å². The third-order valence-corrected chi connectivity index (χ3v) is 7.99. The summed E-state index contributed by atoms with van der Waals surface area (Å²) in [6, 6.07) is 12.3. The van der Waals surface area contributed by atoms with E-state index in [9.17, 15) is 9.59 Å². The van der Waals surface area contributed by atoms with Crippen LogP contribution in [0.4, 0.5) is 16.3 Å². The average Bonchev–Trinajstić information content (AvgIpc) is 3.35. The van der Waals surface area contributed by atoms with Gasteiger partial charge >= 0.3 is 6.03 Å². The molecule has 2 N–H and O–H groups in total. The first-order chi connectivity index (χ1) is 19.4. The fourth-order valence-electron chi connectivity index (χ4n) is 5.82. The van der Waals surface area contributed by atoms with E-state index in [0.717, 1.165) is 67.7 Å². The number of aromatic nitrogens is 2. The third kappa shape index (κ3) is 6.37. The Bertz CT molecular complexity index is 1330. The van der Waals surface area contributed by atoms with Crippen LogP contribution >= 0.6 is 0 Å². The van der Waals surface area contributed by atoms with Gasteiger partial charge in [-0.2, -0.15) is 0 Å². The van der Waals surface area contributed by atoms with Crippen molar-refractivity contribution >= 4 is 34.3 Å². The number of amides is 3. The minimum atomic E-state index is -0.125. The molecule has 9 heteroatoms. The zero-order valence-corrected chi connectivity index (χ0v) is 23.8. The molecule has 1 aromatic carbocycles. The maximum absolute atomic E-state index is 14.1. The van der Waals surface area contributed by atoms with Crippen LogP contribution in [0.5, 0.6) is 0 Å². The molecule has 2 aliphatic heterocycles. The molecule has 212 valence electrons. The van der Waals surface area contributed by atoms with Crippen molar-refractivity contribution in [1.29, 1.82) is 0 Å². The van der Waals surface area contributed by atoms with Crippen LogP contribution in [0.25, 0.3) is 10.9 Å². The Morgan fingerprint density at radius 1 is 1.10 bits per heavy atom. The first kappa shape index (κ1) is 27.9. The maximum Gasteiger partial charge on any atom is 0.326 e. The van der Waals surface area contributed by atoms with Crippen molar-refractivity contribution in [1.82, 2.24) is 24.7 Å². The van der Waals surface area contributed by atoms with Crippen LogP contribution in [-0.2, 0) is 11.8 Å². The van der Waals surface area contributed by atoms with Crippen LogP contribution in [0.3, 0.4) is 0 Å². The normalized spacial score (nSPS) is 18.5. The molecule has 2 aromatic heterocycles. The van der Waals surface area contributed by atoms with Gasteiger partial charge in [0.25, 0.3) is 0 Å². The number of carbonyl (C=O) groups excluding carboxylic acids is 2. The van der Waals surface area contributed by atoms with Crippen molar-refractivity contribution in [2.45, 2.75) is 37.6 Å². The van der Waals surface area contributed by atoms with Crippen molar-refractivity contribution in [3.63, 3.8) is 0 Å². The minimum Gasteiger partial charge on any atom is -0.348 e. The van der Waals surface area contributed by atoms with E-state index in [1.165, 1.54) is 5.56 Å². The van der Waals surface area contributed by atoms with Crippen molar-refractivity contribution in [2.24, 2.45) is 7.05 Å². The molecular formula is C31H41N7O2. The second kappa shape index (κ2) is 12.7. The largest absolute Gasteiger partial charge is 0.348 e. The fraction of sp³-hybridized carbons (Fsp3) is 0.452. The van der Waals surface area contributed by atoms with Crippen LogP contribution in [0.1, 0.15) is 37.2 Å². The first-order valence-corrected chi connectivity index (χ1v) is 14.3. The van der Waals surface area contributed by atoms with Crippen LogP contribution in [0.2, 0.25) is 0 Å². The van der Waals surface area contributed by atoms with E-state index in [1.807, 2.05) is 72.5 Å². The Balaban J connectivity index is 1.24. The number of nitrogens with one attached hydrogen (secondary N) is 2. The molecule has 1 atom stereocenters. The highest BCUT2D eigenvalue weighted by Gasteiger charge is 2.34. The molecule has 40 heavy (non-hydrogen) atoms. The lowest BCUT2D eigenvalue weighted by Gasteiger charge is -2.40. The number of pyridine rings is 1. The molecule has 2 saturated heterocycles. The van der Waals surface area contributed by atoms with Gasteiger partial charge in [-0.05, 0) is 82.1 Å². The smallest absolute Gasteiger partial charge is 0.326 e. The van der Waals surface area contributed by atoms with Crippen LogP contribution in [0.15, 0.2) is 60.9 Å². The predicted octanol–water partition coefficient (Wildman–Crippen LogP) is 4.19. The highest BCUT2D eigenvalue weighted by molar-refractivity contribution is 6.01. The second-order valence-corrected chi connectivity index (χ2v) is 11.2. The predicted molar refractivity (Wildman–Crippen MR) is 161 cm³/mol. The van der Waals surface area contributed by atoms with Crippen molar-refractivity contribution in [3.05, 3.63) is 66.5 Å². The van der Waals surface area contributed by atoms with E-state index in [4.69, 9.17) is 4.98 Å². The summed E-state index contributed by atoms with van der Waals surface area (Å²) < 4.78 is 2.06. The number of rotatable bonds is 7. The summed E-state index contributed by atoms with van der Waals surface area (Å²) in [6.07, 6.45) is 11.1. The highest BCUT2D eigenvalue weighted by atomic mass is 16.2. The quantitative estimate of drug-likeness (QED) is 0.437. The van der Waals surface area contributed by atoms with E-state index >= 15 is 0 Å². The van der Waals surface area contributed by atoms with E-state index in [2.05, 4.69) is 33.4 Å². The van der Waals surface area contributed by atoms with Gasteiger partial charge in [0.1, 0.15) is 0 Å². The van der Waals surface area contributed by atoms with E-state index < -0.39 is 0 Å². The Morgan fingerprint density at radius 2 is 1.88 bits per heavy atom. The third-order valence-electron chi connectivity index (χ3n) is 7.99. The van der Waals surface area contributed by atoms with Crippen molar-refractivity contribution < 1.29 is 9.59 Å². The number of hydrogen-bond acceptors (Lipinski definition) is 5. The molecule has 0 radical (unpaired) electrons. The molecule has 2 fully saturated rings. The number of anilines is 2. The SMILES string of the molecule is CN(C)CC=CC(=O)Nc1ccc(C2CCN(C(=O)N(c3nccc4ccn(C)c34)[C@H]3CCCNC3)CC2)cc1. The van der Waals surface area contributed by atoms with Crippen molar-refractivity contribution in [3.8, 4) is 0 Å². The van der Waals surface area contributed by atoms with Gasteiger partial charge in [0.2, 0.25) is 5.91 Å². The molecule has 0 saturated carbocycles. The molecule has 4 heterocycles. The summed E-state index contributed by atoms with van der Waals surface area (Å²) in [5, 5.41) is 7.50. The zero-order chi connectivity index (χ0) is 28.1. The van der Waals surface area contributed by atoms with Gasteiger partial charge < -0.3 is 25.0 Å². The van der Waals surface area contributed by atoms with Crippen LogP contribution in [0, 0.1) is 0 Å². The summed E-state index contributed by atoms with van der Waals surface area (Å²) in [5.74, 6) is 1.01. The Morgan fingerprint density at radius 3 is 2.58 bits per heavy atom.